The summed E-state index contributed by atoms with van der Waals surface area (Å²) in [6.45, 7) is 0. The van der Waals surface area contributed by atoms with Crippen molar-refractivity contribution in [3.05, 3.63) is 212 Å². The van der Waals surface area contributed by atoms with E-state index >= 15 is 0 Å². The van der Waals surface area contributed by atoms with Crippen molar-refractivity contribution >= 4 is 65.4 Å². The molecule has 0 amide bonds. The first-order valence-corrected chi connectivity index (χ1v) is 19.6. The van der Waals surface area contributed by atoms with E-state index in [4.69, 9.17) is 0 Å². The van der Waals surface area contributed by atoms with Crippen LogP contribution < -0.4 is 0 Å². The van der Waals surface area contributed by atoms with Gasteiger partial charge in [-0.3, -0.25) is 0 Å². The SMILES string of the molecule is c1ccc(-c2cc(-c3ccccc3-n3c4ccccc4c4c5c6ccccc6n(-c6ccccc6)c5ccc43)cc3c2c2ccccc2n3-c2ccccc2)cc1. The Bertz CT molecular complexity index is 3500. The van der Waals surface area contributed by atoms with Crippen LogP contribution in [0.15, 0.2) is 212 Å². The summed E-state index contributed by atoms with van der Waals surface area (Å²) < 4.78 is 7.34. The lowest BCUT2D eigenvalue weighted by atomic mass is 9.93. The van der Waals surface area contributed by atoms with E-state index in [9.17, 15) is 0 Å². The zero-order valence-corrected chi connectivity index (χ0v) is 31.0. The van der Waals surface area contributed by atoms with Crippen molar-refractivity contribution in [3.63, 3.8) is 0 Å². The van der Waals surface area contributed by atoms with Gasteiger partial charge in [0, 0.05) is 49.3 Å². The molecule has 0 aliphatic heterocycles. The fraction of sp³-hybridized carbons (Fsp3) is 0. The van der Waals surface area contributed by atoms with Crippen LogP contribution in [-0.4, -0.2) is 13.7 Å². The second kappa shape index (κ2) is 12.5. The lowest BCUT2D eigenvalue weighted by molar-refractivity contribution is 1.17. The van der Waals surface area contributed by atoms with Crippen LogP contribution in [0.2, 0.25) is 0 Å². The number of para-hydroxylation sites is 6. The van der Waals surface area contributed by atoms with Gasteiger partial charge in [0.15, 0.2) is 0 Å². The highest BCUT2D eigenvalue weighted by Crippen LogP contribution is 2.46. The maximum Gasteiger partial charge on any atom is 0.0553 e. The Kier molecular flexibility index (Phi) is 6.93. The Hall–Kier alpha value is -7.62. The van der Waals surface area contributed by atoms with Crippen LogP contribution in [0.4, 0.5) is 0 Å². The molecule has 0 spiro atoms. The maximum absolute atomic E-state index is 2.49. The average Bonchev–Trinajstić information content (AvgIpc) is 3.92. The largest absolute Gasteiger partial charge is 0.309 e. The summed E-state index contributed by atoms with van der Waals surface area (Å²) in [6, 6.07) is 77.4. The fourth-order valence-corrected chi connectivity index (χ4v) is 9.50. The Labute approximate surface area is 329 Å². The van der Waals surface area contributed by atoms with Crippen molar-refractivity contribution in [2.45, 2.75) is 0 Å². The molecular formula is C54H35N3. The molecule has 3 aromatic heterocycles. The van der Waals surface area contributed by atoms with E-state index in [2.05, 4.69) is 226 Å². The summed E-state index contributed by atoms with van der Waals surface area (Å²) in [5, 5.41) is 7.55. The summed E-state index contributed by atoms with van der Waals surface area (Å²) in [6.07, 6.45) is 0. The molecule has 266 valence electrons. The standard InChI is InChI=1S/C54H35N3/c1-4-18-36(19-5-1)44-34-37(35-51-52(44)41-25-11-15-29-46(41)56(51)39-22-8-3-9-23-39)40-24-10-14-28-45(40)57-48-31-17-13-27-43(48)54-50(57)33-32-49-53(54)42-26-12-16-30-47(42)55(49)38-20-6-2-7-21-38/h1-35H. The summed E-state index contributed by atoms with van der Waals surface area (Å²) in [5.41, 5.74) is 15.4. The Morgan fingerprint density at radius 3 is 1.28 bits per heavy atom. The third-order valence-corrected chi connectivity index (χ3v) is 11.8. The predicted octanol–water partition coefficient (Wildman–Crippen LogP) is 14.3. The fourth-order valence-electron chi connectivity index (χ4n) is 9.50. The van der Waals surface area contributed by atoms with Crippen molar-refractivity contribution in [1.82, 2.24) is 13.7 Å². The summed E-state index contributed by atoms with van der Waals surface area (Å²) in [7, 11) is 0. The van der Waals surface area contributed by atoms with Gasteiger partial charge in [0.2, 0.25) is 0 Å². The van der Waals surface area contributed by atoms with Gasteiger partial charge in [-0.1, -0.05) is 140 Å². The van der Waals surface area contributed by atoms with Crippen LogP contribution in [0.25, 0.3) is 105 Å². The van der Waals surface area contributed by atoms with Gasteiger partial charge in [-0.05, 0) is 89.5 Å². The second-order valence-corrected chi connectivity index (χ2v) is 14.9. The molecule has 3 heterocycles. The number of benzene rings is 9. The molecule has 3 nitrogen and oxygen atoms in total. The first kappa shape index (κ1) is 31.7. The van der Waals surface area contributed by atoms with Gasteiger partial charge in [0.05, 0.1) is 38.8 Å². The van der Waals surface area contributed by atoms with E-state index < -0.39 is 0 Å². The molecule has 57 heavy (non-hydrogen) atoms. The summed E-state index contributed by atoms with van der Waals surface area (Å²) >= 11 is 0. The monoisotopic (exact) mass is 725 g/mol. The molecule has 0 saturated carbocycles. The lowest BCUT2D eigenvalue weighted by Crippen LogP contribution is -1.98. The minimum absolute atomic E-state index is 1.15. The number of hydrogen-bond donors (Lipinski definition) is 0. The number of fused-ring (bicyclic) bond motifs is 10. The van der Waals surface area contributed by atoms with Crippen molar-refractivity contribution < 1.29 is 0 Å². The molecule has 0 saturated heterocycles. The number of hydrogen-bond acceptors (Lipinski definition) is 0. The minimum atomic E-state index is 1.15. The first-order chi connectivity index (χ1) is 28.3. The minimum Gasteiger partial charge on any atom is -0.309 e. The predicted molar refractivity (Wildman–Crippen MR) is 240 cm³/mol. The quantitative estimate of drug-likeness (QED) is 0.168. The van der Waals surface area contributed by atoms with Gasteiger partial charge in [0.25, 0.3) is 0 Å². The number of nitrogens with zero attached hydrogens (tertiary/aromatic N) is 3. The van der Waals surface area contributed by atoms with Gasteiger partial charge in [-0.15, -0.1) is 0 Å². The highest BCUT2D eigenvalue weighted by atomic mass is 15.0. The number of aromatic nitrogens is 3. The topological polar surface area (TPSA) is 14.8 Å². The van der Waals surface area contributed by atoms with Gasteiger partial charge in [0.1, 0.15) is 0 Å². The molecule has 0 unspecified atom stereocenters. The van der Waals surface area contributed by atoms with Crippen LogP contribution in [0, 0.1) is 0 Å². The third-order valence-electron chi connectivity index (χ3n) is 11.8. The molecule has 3 heteroatoms. The molecule has 0 fully saturated rings. The molecule has 0 atom stereocenters. The average molecular weight is 726 g/mol. The van der Waals surface area contributed by atoms with Crippen LogP contribution in [0.1, 0.15) is 0 Å². The Morgan fingerprint density at radius 1 is 0.246 bits per heavy atom. The lowest BCUT2D eigenvalue weighted by Gasteiger charge is -2.17. The van der Waals surface area contributed by atoms with Gasteiger partial charge < -0.3 is 13.7 Å². The van der Waals surface area contributed by atoms with E-state index in [1.54, 1.807) is 0 Å². The van der Waals surface area contributed by atoms with Crippen molar-refractivity contribution in [2.75, 3.05) is 0 Å². The molecule has 0 radical (unpaired) electrons. The number of rotatable bonds is 5. The Morgan fingerprint density at radius 2 is 0.684 bits per heavy atom. The molecule has 0 aliphatic carbocycles. The zero-order chi connectivity index (χ0) is 37.5. The second-order valence-electron chi connectivity index (χ2n) is 14.9. The molecular weight excluding hydrogens is 691 g/mol. The maximum atomic E-state index is 2.49. The molecule has 12 rings (SSSR count). The molecule has 12 aromatic rings. The van der Waals surface area contributed by atoms with E-state index in [1.807, 2.05) is 0 Å². The van der Waals surface area contributed by atoms with Gasteiger partial charge in [-0.2, -0.15) is 0 Å². The first-order valence-electron chi connectivity index (χ1n) is 19.6. The van der Waals surface area contributed by atoms with E-state index in [0.29, 0.717) is 0 Å². The van der Waals surface area contributed by atoms with Crippen LogP contribution >= 0.6 is 0 Å². The smallest absolute Gasteiger partial charge is 0.0553 e. The van der Waals surface area contributed by atoms with Gasteiger partial charge >= 0.3 is 0 Å². The van der Waals surface area contributed by atoms with E-state index in [-0.39, 0.29) is 0 Å². The van der Waals surface area contributed by atoms with Crippen molar-refractivity contribution in [2.24, 2.45) is 0 Å². The molecule has 0 N–H and O–H groups in total. The van der Waals surface area contributed by atoms with E-state index in [0.717, 1.165) is 17.1 Å². The normalized spacial score (nSPS) is 11.9. The molecule has 0 bridgehead atoms. The van der Waals surface area contributed by atoms with Crippen LogP contribution in [-0.2, 0) is 0 Å². The van der Waals surface area contributed by atoms with E-state index in [1.165, 1.54) is 87.7 Å². The Balaban J connectivity index is 1.19. The molecule has 9 aromatic carbocycles. The summed E-state index contributed by atoms with van der Waals surface area (Å²) in [5.74, 6) is 0. The van der Waals surface area contributed by atoms with Crippen LogP contribution in [0.5, 0.6) is 0 Å². The zero-order valence-electron chi connectivity index (χ0n) is 31.0. The van der Waals surface area contributed by atoms with Crippen molar-refractivity contribution in [1.29, 1.82) is 0 Å². The highest BCUT2D eigenvalue weighted by Gasteiger charge is 2.23. The summed E-state index contributed by atoms with van der Waals surface area (Å²) in [4.78, 5) is 0. The van der Waals surface area contributed by atoms with Crippen molar-refractivity contribution in [3.8, 4) is 39.3 Å². The van der Waals surface area contributed by atoms with Crippen LogP contribution in [0.3, 0.4) is 0 Å². The third kappa shape index (κ3) is 4.66. The van der Waals surface area contributed by atoms with Gasteiger partial charge in [-0.25, -0.2) is 0 Å². The highest BCUT2D eigenvalue weighted by molar-refractivity contribution is 6.29. The molecule has 0 aliphatic rings.